The van der Waals surface area contributed by atoms with Crippen LogP contribution in [0.25, 0.3) is 0 Å². The van der Waals surface area contributed by atoms with Gasteiger partial charge in [0.1, 0.15) is 5.75 Å². The quantitative estimate of drug-likeness (QED) is 0.886. The molecule has 0 saturated carbocycles. The molecular weight excluding hydrogens is 238 g/mol. The fourth-order valence-corrected chi connectivity index (χ4v) is 2.68. The molecule has 1 aliphatic rings. The van der Waals surface area contributed by atoms with Gasteiger partial charge in [0.15, 0.2) is 5.96 Å². The van der Waals surface area contributed by atoms with Crippen molar-refractivity contribution in [1.29, 1.82) is 0 Å². The Morgan fingerprint density at radius 2 is 2.32 bits per heavy atom. The molecule has 1 aromatic rings. The van der Waals surface area contributed by atoms with Gasteiger partial charge in [-0.3, -0.25) is 4.99 Å². The van der Waals surface area contributed by atoms with Crippen molar-refractivity contribution in [3.05, 3.63) is 24.3 Å². The van der Waals surface area contributed by atoms with Gasteiger partial charge in [-0.2, -0.15) is 0 Å². The molecule has 0 spiro atoms. The fraction of sp³-hybridized carbons (Fsp3) is 0.533. The maximum atomic E-state index is 6.06. The van der Waals surface area contributed by atoms with Crippen LogP contribution in [0.3, 0.4) is 0 Å². The van der Waals surface area contributed by atoms with Crippen molar-refractivity contribution in [1.82, 2.24) is 0 Å². The predicted octanol–water partition coefficient (Wildman–Crippen LogP) is 2.63. The Kier molecular flexibility index (Phi) is 4.30. The van der Waals surface area contributed by atoms with Gasteiger partial charge in [0.05, 0.1) is 19.7 Å². The van der Waals surface area contributed by atoms with E-state index in [1.54, 1.807) is 7.11 Å². The summed E-state index contributed by atoms with van der Waals surface area (Å²) in [5.41, 5.74) is 7.12. The van der Waals surface area contributed by atoms with Gasteiger partial charge in [0.2, 0.25) is 0 Å². The molecule has 4 heteroatoms. The number of guanidine groups is 1. The summed E-state index contributed by atoms with van der Waals surface area (Å²) >= 11 is 0. The first-order valence-electron chi connectivity index (χ1n) is 6.90. The van der Waals surface area contributed by atoms with Crippen LogP contribution in [-0.2, 0) is 0 Å². The van der Waals surface area contributed by atoms with E-state index in [1.165, 1.54) is 12.8 Å². The SMILES string of the molecule is CCCC(C)C1CN=C(N)N1c1cccc(OC)c1. The number of hydrogen-bond acceptors (Lipinski definition) is 4. The second-order valence-corrected chi connectivity index (χ2v) is 5.10. The number of anilines is 1. The van der Waals surface area contributed by atoms with E-state index in [9.17, 15) is 0 Å². The third-order valence-electron chi connectivity index (χ3n) is 3.75. The number of hydrogen-bond donors (Lipinski definition) is 1. The van der Waals surface area contributed by atoms with Crippen LogP contribution in [0.5, 0.6) is 5.75 Å². The predicted molar refractivity (Wildman–Crippen MR) is 79.8 cm³/mol. The van der Waals surface area contributed by atoms with Gasteiger partial charge in [-0.25, -0.2) is 0 Å². The van der Waals surface area contributed by atoms with E-state index >= 15 is 0 Å². The van der Waals surface area contributed by atoms with Crippen LogP contribution in [0.2, 0.25) is 0 Å². The van der Waals surface area contributed by atoms with Crippen molar-refractivity contribution >= 4 is 11.6 Å². The lowest BCUT2D eigenvalue weighted by Crippen LogP contribution is -2.44. The molecule has 0 bridgehead atoms. The molecule has 4 nitrogen and oxygen atoms in total. The van der Waals surface area contributed by atoms with Gasteiger partial charge in [0.25, 0.3) is 0 Å². The molecular formula is C15H23N3O. The van der Waals surface area contributed by atoms with Gasteiger partial charge >= 0.3 is 0 Å². The van der Waals surface area contributed by atoms with Crippen molar-refractivity contribution in [3.8, 4) is 5.75 Å². The number of benzene rings is 1. The minimum Gasteiger partial charge on any atom is -0.497 e. The molecule has 19 heavy (non-hydrogen) atoms. The zero-order chi connectivity index (χ0) is 13.8. The Morgan fingerprint density at radius 1 is 1.53 bits per heavy atom. The van der Waals surface area contributed by atoms with Crippen LogP contribution < -0.4 is 15.4 Å². The van der Waals surface area contributed by atoms with E-state index in [1.807, 2.05) is 18.2 Å². The Morgan fingerprint density at radius 3 is 3.00 bits per heavy atom. The maximum Gasteiger partial charge on any atom is 0.196 e. The van der Waals surface area contributed by atoms with Gasteiger partial charge in [-0.05, 0) is 24.5 Å². The summed E-state index contributed by atoms with van der Waals surface area (Å²) < 4.78 is 5.29. The minimum absolute atomic E-state index is 0.354. The molecule has 1 aromatic carbocycles. The summed E-state index contributed by atoms with van der Waals surface area (Å²) in [6, 6.07) is 8.35. The molecule has 2 unspecified atom stereocenters. The van der Waals surface area contributed by atoms with E-state index in [0.717, 1.165) is 18.0 Å². The summed E-state index contributed by atoms with van der Waals surface area (Å²) in [6.07, 6.45) is 2.37. The number of aliphatic imine (C=N–C) groups is 1. The summed E-state index contributed by atoms with van der Waals surface area (Å²) in [5, 5.41) is 0. The Hall–Kier alpha value is -1.71. The molecule has 2 atom stereocenters. The lowest BCUT2D eigenvalue weighted by atomic mass is 9.96. The Bertz CT molecular complexity index is 458. The molecule has 2 rings (SSSR count). The highest BCUT2D eigenvalue weighted by Crippen LogP contribution is 2.29. The van der Waals surface area contributed by atoms with Crippen molar-refractivity contribution in [2.24, 2.45) is 16.6 Å². The second kappa shape index (κ2) is 5.95. The second-order valence-electron chi connectivity index (χ2n) is 5.10. The zero-order valence-electron chi connectivity index (χ0n) is 12.0. The van der Waals surface area contributed by atoms with E-state index in [2.05, 4.69) is 29.8 Å². The molecule has 0 radical (unpaired) electrons. The minimum atomic E-state index is 0.354. The highest BCUT2D eigenvalue weighted by Gasteiger charge is 2.31. The Labute approximate surface area is 115 Å². The van der Waals surface area contributed by atoms with Gasteiger partial charge in [-0.1, -0.05) is 26.3 Å². The molecule has 1 heterocycles. The van der Waals surface area contributed by atoms with Gasteiger partial charge < -0.3 is 15.4 Å². The molecule has 0 fully saturated rings. The average Bonchev–Trinajstić information content (AvgIpc) is 2.81. The first-order chi connectivity index (χ1) is 9.17. The van der Waals surface area contributed by atoms with Crippen LogP contribution >= 0.6 is 0 Å². The van der Waals surface area contributed by atoms with E-state index in [-0.39, 0.29) is 0 Å². The lowest BCUT2D eigenvalue weighted by molar-refractivity contribution is 0.414. The van der Waals surface area contributed by atoms with E-state index < -0.39 is 0 Å². The smallest absolute Gasteiger partial charge is 0.196 e. The van der Waals surface area contributed by atoms with Crippen LogP contribution in [0, 0.1) is 5.92 Å². The largest absolute Gasteiger partial charge is 0.497 e. The molecule has 0 saturated heterocycles. The first kappa shape index (κ1) is 13.7. The Balaban J connectivity index is 2.25. The molecule has 104 valence electrons. The lowest BCUT2D eigenvalue weighted by Gasteiger charge is -2.30. The maximum absolute atomic E-state index is 6.06. The number of rotatable bonds is 5. The van der Waals surface area contributed by atoms with E-state index in [4.69, 9.17) is 10.5 Å². The van der Waals surface area contributed by atoms with Crippen molar-refractivity contribution in [2.45, 2.75) is 32.7 Å². The van der Waals surface area contributed by atoms with Gasteiger partial charge in [-0.15, -0.1) is 0 Å². The molecule has 0 amide bonds. The van der Waals surface area contributed by atoms with Crippen LogP contribution in [0.1, 0.15) is 26.7 Å². The average molecular weight is 261 g/mol. The first-order valence-corrected chi connectivity index (χ1v) is 6.90. The molecule has 0 aromatic heterocycles. The fourth-order valence-electron chi connectivity index (χ4n) is 2.68. The third kappa shape index (κ3) is 2.83. The van der Waals surface area contributed by atoms with Crippen molar-refractivity contribution < 1.29 is 4.74 Å². The van der Waals surface area contributed by atoms with Crippen LogP contribution in [0.4, 0.5) is 5.69 Å². The molecule has 2 N–H and O–H groups in total. The summed E-state index contributed by atoms with van der Waals surface area (Å²) in [5.74, 6) is 2.03. The standard InChI is InChI=1S/C15H23N3O/c1-4-6-11(2)14-10-17-15(16)18(14)12-7-5-8-13(9-12)19-3/h5,7-9,11,14H,4,6,10H2,1-3H3,(H2,16,17). The van der Waals surface area contributed by atoms with Crippen molar-refractivity contribution in [2.75, 3.05) is 18.6 Å². The number of nitrogens with zero attached hydrogens (tertiary/aromatic N) is 2. The number of methoxy groups -OCH3 is 1. The van der Waals surface area contributed by atoms with Crippen LogP contribution in [-0.4, -0.2) is 25.7 Å². The normalized spacial score (nSPS) is 20.3. The number of nitrogens with two attached hydrogens (primary N) is 1. The summed E-state index contributed by atoms with van der Waals surface area (Å²) in [6.45, 7) is 5.27. The topological polar surface area (TPSA) is 50.8 Å². The summed E-state index contributed by atoms with van der Waals surface area (Å²) in [4.78, 5) is 6.56. The third-order valence-corrected chi connectivity index (χ3v) is 3.75. The zero-order valence-corrected chi connectivity index (χ0v) is 12.0. The molecule has 0 aliphatic carbocycles. The number of ether oxygens (including phenoxy) is 1. The highest BCUT2D eigenvalue weighted by atomic mass is 16.5. The van der Waals surface area contributed by atoms with Crippen LogP contribution in [0.15, 0.2) is 29.3 Å². The van der Waals surface area contributed by atoms with E-state index in [0.29, 0.717) is 17.9 Å². The van der Waals surface area contributed by atoms with Gasteiger partial charge in [0, 0.05) is 11.8 Å². The van der Waals surface area contributed by atoms with Crippen molar-refractivity contribution in [3.63, 3.8) is 0 Å². The highest BCUT2D eigenvalue weighted by molar-refractivity contribution is 5.97. The summed E-state index contributed by atoms with van der Waals surface area (Å²) in [7, 11) is 1.68. The monoisotopic (exact) mass is 261 g/mol. The molecule has 1 aliphatic heterocycles.